The van der Waals surface area contributed by atoms with Gasteiger partial charge in [-0.25, -0.2) is 16.8 Å². The van der Waals surface area contributed by atoms with Gasteiger partial charge in [0.1, 0.15) is 0 Å². The molecule has 9 nitrogen and oxygen atoms in total. The van der Waals surface area contributed by atoms with Gasteiger partial charge in [0.2, 0.25) is 0 Å². The van der Waals surface area contributed by atoms with E-state index < -0.39 is 35.6 Å². The lowest BCUT2D eigenvalue weighted by molar-refractivity contribution is -0.387. The Balaban J connectivity index is 1.86. The SMILES string of the molecule is Cc1cccc(C)c1NS(=O)(=O)c1ccc(NS(=O)(=O)c2ccccc2[N+](=O)[O-])cc1. The summed E-state index contributed by atoms with van der Waals surface area (Å²) >= 11 is 0. The van der Waals surface area contributed by atoms with E-state index in [0.29, 0.717) is 5.69 Å². The van der Waals surface area contributed by atoms with E-state index >= 15 is 0 Å². The number of para-hydroxylation sites is 2. The number of aryl methyl sites for hydroxylation is 2. The number of hydrogen-bond acceptors (Lipinski definition) is 6. The maximum atomic E-state index is 12.7. The molecule has 11 heteroatoms. The zero-order valence-electron chi connectivity index (χ0n) is 16.6. The van der Waals surface area contributed by atoms with Crippen LogP contribution in [0.5, 0.6) is 0 Å². The quantitative estimate of drug-likeness (QED) is 0.406. The third-order valence-corrected chi connectivity index (χ3v) is 7.28. The number of benzene rings is 3. The van der Waals surface area contributed by atoms with Gasteiger partial charge in [0.25, 0.3) is 25.7 Å². The molecule has 2 N–H and O–H groups in total. The Labute approximate surface area is 180 Å². The van der Waals surface area contributed by atoms with Crippen molar-refractivity contribution >= 4 is 37.1 Å². The zero-order chi connectivity index (χ0) is 22.8. The molecule has 0 aliphatic heterocycles. The fraction of sp³-hybridized carbons (Fsp3) is 0.100. The molecule has 0 bridgehead atoms. The molecule has 0 amide bonds. The summed E-state index contributed by atoms with van der Waals surface area (Å²) in [4.78, 5) is 9.77. The van der Waals surface area contributed by atoms with Crippen molar-refractivity contribution in [1.29, 1.82) is 0 Å². The van der Waals surface area contributed by atoms with Crippen LogP contribution in [-0.2, 0) is 20.0 Å². The monoisotopic (exact) mass is 461 g/mol. The minimum Gasteiger partial charge on any atom is -0.279 e. The van der Waals surface area contributed by atoms with Crippen molar-refractivity contribution in [3.05, 3.63) is 88.0 Å². The highest BCUT2D eigenvalue weighted by atomic mass is 32.2. The number of nitro groups is 1. The average molecular weight is 462 g/mol. The highest BCUT2D eigenvalue weighted by molar-refractivity contribution is 7.93. The second-order valence-corrected chi connectivity index (χ2v) is 10.1. The molecule has 0 aliphatic carbocycles. The molecule has 0 saturated carbocycles. The molecule has 0 atom stereocenters. The molecule has 0 aromatic heterocycles. The maximum Gasteiger partial charge on any atom is 0.289 e. The molecule has 31 heavy (non-hydrogen) atoms. The first-order valence-corrected chi connectivity index (χ1v) is 11.9. The van der Waals surface area contributed by atoms with Crippen LogP contribution in [0.1, 0.15) is 11.1 Å². The number of nitrogens with zero attached hydrogens (tertiary/aromatic N) is 1. The number of nitrogens with one attached hydrogen (secondary N) is 2. The number of anilines is 2. The summed E-state index contributed by atoms with van der Waals surface area (Å²) in [6, 6.07) is 15.3. The van der Waals surface area contributed by atoms with Crippen LogP contribution in [0.4, 0.5) is 17.1 Å². The maximum absolute atomic E-state index is 12.7. The van der Waals surface area contributed by atoms with Crippen LogP contribution in [0.15, 0.2) is 76.5 Å². The molecule has 162 valence electrons. The summed E-state index contributed by atoms with van der Waals surface area (Å²) in [7, 11) is -8.16. The predicted molar refractivity (Wildman–Crippen MR) is 117 cm³/mol. The van der Waals surface area contributed by atoms with Gasteiger partial charge in [-0.05, 0) is 55.3 Å². The van der Waals surface area contributed by atoms with Crippen LogP contribution in [0, 0.1) is 24.0 Å². The fourth-order valence-electron chi connectivity index (χ4n) is 2.92. The summed E-state index contributed by atoms with van der Waals surface area (Å²) in [5.41, 5.74) is 1.50. The smallest absolute Gasteiger partial charge is 0.279 e. The highest BCUT2D eigenvalue weighted by Gasteiger charge is 2.25. The van der Waals surface area contributed by atoms with Crippen molar-refractivity contribution < 1.29 is 21.8 Å². The van der Waals surface area contributed by atoms with Gasteiger partial charge in [-0.15, -0.1) is 0 Å². The van der Waals surface area contributed by atoms with Crippen LogP contribution in [0.2, 0.25) is 0 Å². The highest BCUT2D eigenvalue weighted by Crippen LogP contribution is 2.27. The Kier molecular flexibility index (Phi) is 6.00. The lowest BCUT2D eigenvalue weighted by Gasteiger charge is -2.14. The van der Waals surface area contributed by atoms with Crippen molar-refractivity contribution in [2.45, 2.75) is 23.6 Å². The summed E-state index contributed by atoms with van der Waals surface area (Å²) in [6.45, 7) is 3.57. The Morgan fingerprint density at radius 2 is 1.32 bits per heavy atom. The molecule has 3 aromatic carbocycles. The molecule has 0 unspecified atom stereocenters. The largest absolute Gasteiger partial charge is 0.289 e. The van der Waals surface area contributed by atoms with E-state index in [1.165, 1.54) is 36.4 Å². The van der Waals surface area contributed by atoms with Gasteiger partial charge in [-0.2, -0.15) is 0 Å². The lowest BCUT2D eigenvalue weighted by Crippen LogP contribution is -2.16. The Hall–Kier alpha value is -3.44. The molecule has 0 fully saturated rings. The zero-order valence-corrected chi connectivity index (χ0v) is 18.2. The van der Waals surface area contributed by atoms with Crippen molar-refractivity contribution in [2.75, 3.05) is 9.44 Å². The van der Waals surface area contributed by atoms with Crippen molar-refractivity contribution in [1.82, 2.24) is 0 Å². The fourth-order valence-corrected chi connectivity index (χ4v) is 5.35. The van der Waals surface area contributed by atoms with Gasteiger partial charge >= 0.3 is 0 Å². The third-order valence-electron chi connectivity index (χ3n) is 4.49. The van der Waals surface area contributed by atoms with Crippen LogP contribution < -0.4 is 9.44 Å². The minimum atomic E-state index is -4.25. The van der Waals surface area contributed by atoms with Crippen molar-refractivity contribution in [2.24, 2.45) is 0 Å². The Bertz CT molecular complexity index is 1330. The summed E-state index contributed by atoms with van der Waals surface area (Å²) in [6.07, 6.45) is 0. The average Bonchev–Trinajstić information content (AvgIpc) is 2.71. The van der Waals surface area contributed by atoms with E-state index in [4.69, 9.17) is 0 Å². The van der Waals surface area contributed by atoms with Crippen LogP contribution in [0.25, 0.3) is 0 Å². The first-order valence-electron chi connectivity index (χ1n) is 8.96. The second kappa shape index (κ2) is 8.36. The van der Waals surface area contributed by atoms with E-state index in [2.05, 4.69) is 9.44 Å². The van der Waals surface area contributed by atoms with E-state index in [9.17, 15) is 26.9 Å². The number of hydrogen-bond donors (Lipinski definition) is 2. The topological polar surface area (TPSA) is 135 Å². The lowest BCUT2D eigenvalue weighted by atomic mass is 10.1. The first kappa shape index (κ1) is 22.2. The molecule has 3 aromatic rings. The molecule has 0 heterocycles. The normalized spacial score (nSPS) is 11.7. The predicted octanol–water partition coefficient (Wildman–Crippen LogP) is 3.81. The van der Waals surface area contributed by atoms with Gasteiger partial charge in [-0.1, -0.05) is 30.3 Å². The molecule has 0 radical (unpaired) electrons. The van der Waals surface area contributed by atoms with Gasteiger partial charge in [-0.3, -0.25) is 19.6 Å². The van der Waals surface area contributed by atoms with E-state index in [0.717, 1.165) is 23.3 Å². The summed E-state index contributed by atoms with van der Waals surface area (Å²) in [5.74, 6) is 0. The van der Waals surface area contributed by atoms with Gasteiger partial charge in [0.15, 0.2) is 4.90 Å². The Morgan fingerprint density at radius 3 is 1.90 bits per heavy atom. The van der Waals surface area contributed by atoms with Crippen molar-refractivity contribution in [3.8, 4) is 0 Å². The van der Waals surface area contributed by atoms with E-state index in [1.54, 1.807) is 26.0 Å². The van der Waals surface area contributed by atoms with Crippen molar-refractivity contribution in [3.63, 3.8) is 0 Å². The molecular weight excluding hydrogens is 442 g/mol. The minimum absolute atomic E-state index is 0.0594. The van der Waals surface area contributed by atoms with Gasteiger partial charge < -0.3 is 0 Å². The number of sulfonamides is 2. The van der Waals surface area contributed by atoms with Gasteiger partial charge in [0.05, 0.1) is 15.5 Å². The molecule has 0 aliphatic rings. The molecule has 0 saturated heterocycles. The van der Waals surface area contributed by atoms with Gasteiger partial charge in [0, 0.05) is 11.8 Å². The molecule has 3 rings (SSSR count). The molecule has 0 spiro atoms. The standard InChI is InChI=1S/C20H19N3O6S2/c1-14-6-5-7-15(2)20(14)22-30(26,27)17-12-10-16(11-13-17)21-31(28,29)19-9-4-3-8-18(19)23(24)25/h3-13,21-22H,1-2H3. The van der Waals surface area contributed by atoms with Crippen LogP contribution in [0.3, 0.4) is 0 Å². The van der Waals surface area contributed by atoms with E-state index in [1.807, 2.05) is 6.07 Å². The second-order valence-electron chi connectivity index (χ2n) is 6.73. The van der Waals surface area contributed by atoms with Crippen LogP contribution >= 0.6 is 0 Å². The number of nitro benzene ring substituents is 1. The van der Waals surface area contributed by atoms with E-state index in [-0.39, 0.29) is 10.6 Å². The number of rotatable bonds is 7. The third kappa shape index (κ3) is 4.84. The summed E-state index contributed by atoms with van der Waals surface area (Å²) < 4.78 is 55.4. The summed E-state index contributed by atoms with van der Waals surface area (Å²) in [5, 5.41) is 11.1. The molecular formula is C20H19N3O6S2. The van der Waals surface area contributed by atoms with Crippen LogP contribution in [-0.4, -0.2) is 21.8 Å². The first-order chi connectivity index (χ1) is 14.5. The Morgan fingerprint density at radius 1 is 0.742 bits per heavy atom.